The molecule has 3 heterocycles. The Morgan fingerprint density at radius 3 is 2.69 bits per heavy atom. The van der Waals surface area contributed by atoms with E-state index in [1.165, 1.54) is 19.3 Å². The predicted molar refractivity (Wildman–Crippen MR) is 103 cm³/mol. The molecule has 1 saturated heterocycles. The number of carbonyl (C=O) groups excluding carboxylic acids is 1. The van der Waals surface area contributed by atoms with Crippen molar-refractivity contribution in [3.8, 4) is 0 Å². The van der Waals surface area contributed by atoms with Crippen LogP contribution in [0.5, 0.6) is 0 Å². The second-order valence-corrected chi connectivity index (χ2v) is 8.32. The van der Waals surface area contributed by atoms with Gasteiger partial charge < -0.3 is 10.6 Å². The van der Waals surface area contributed by atoms with E-state index in [0.29, 0.717) is 37.5 Å². The van der Waals surface area contributed by atoms with Gasteiger partial charge in [-0.15, -0.1) is 0 Å². The van der Waals surface area contributed by atoms with Gasteiger partial charge in [-0.3, -0.25) is 9.89 Å². The summed E-state index contributed by atoms with van der Waals surface area (Å²) in [5, 5.41) is 6.04. The van der Waals surface area contributed by atoms with Crippen LogP contribution in [0.1, 0.15) is 68.5 Å². The summed E-state index contributed by atoms with van der Waals surface area (Å²) < 4.78 is 40.8. The highest BCUT2D eigenvalue weighted by Crippen LogP contribution is 2.39. The van der Waals surface area contributed by atoms with Crippen molar-refractivity contribution < 1.29 is 18.0 Å². The highest BCUT2D eigenvalue weighted by molar-refractivity contribution is 5.89. The van der Waals surface area contributed by atoms with Crippen LogP contribution in [-0.4, -0.2) is 39.1 Å². The zero-order valence-electron chi connectivity index (χ0n) is 16.3. The van der Waals surface area contributed by atoms with Gasteiger partial charge in [-0.2, -0.15) is 18.3 Å². The van der Waals surface area contributed by atoms with Crippen molar-refractivity contribution in [2.24, 2.45) is 5.92 Å². The van der Waals surface area contributed by atoms with Crippen LogP contribution in [0, 0.1) is 5.92 Å². The third-order valence-electron chi connectivity index (χ3n) is 6.26. The molecule has 3 N–H and O–H groups in total. The minimum atomic E-state index is -4.56. The molecule has 158 valence electrons. The molecule has 1 saturated carbocycles. The van der Waals surface area contributed by atoms with Crippen LogP contribution in [0.3, 0.4) is 0 Å². The van der Waals surface area contributed by atoms with Gasteiger partial charge in [0.25, 0.3) is 0 Å². The van der Waals surface area contributed by atoms with Gasteiger partial charge in [0.15, 0.2) is 5.65 Å². The first-order valence-electron chi connectivity index (χ1n) is 10.3. The van der Waals surface area contributed by atoms with Crippen molar-refractivity contribution >= 4 is 22.8 Å². The number of hydrogen-bond donors (Lipinski definition) is 2. The van der Waals surface area contributed by atoms with Crippen LogP contribution < -0.4 is 5.73 Å². The van der Waals surface area contributed by atoms with Gasteiger partial charge in [-0.05, 0) is 37.7 Å². The number of anilines is 1. The summed E-state index contributed by atoms with van der Waals surface area (Å²) in [5.41, 5.74) is 5.11. The molecule has 1 aliphatic heterocycles. The Hall–Kier alpha value is -2.32. The van der Waals surface area contributed by atoms with Gasteiger partial charge in [0.2, 0.25) is 5.91 Å². The van der Waals surface area contributed by atoms with Gasteiger partial charge in [0, 0.05) is 31.1 Å². The number of halogens is 3. The standard InChI is InChI=1S/C20H26F3N5O/c21-20(22,23)14-10-15(25-19-17(14)18(24)26-27-19)13-7-4-8-28(11-13)16(29)9-12-5-2-1-3-6-12/h10,12-13H,1-9,11H2,(H3,24,25,26,27). The Bertz CT molecular complexity index is 888. The van der Waals surface area contributed by atoms with E-state index in [9.17, 15) is 18.0 Å². The van der Waals surface area contributed by atoms with Crippen LogP contribution in [-0.2, 0) is 11.0 Å². The second kappa shape index (κ2) is 7.84. The number of amides is 1. The maximum Gasteiger partial charge on any atom is 0.417 e. The lowest BCUT2D eigenvalue weighted by Crippen LogP contribution is -2.40. The van der Waals surface area contributed by atoms with Crippen molar-refractivity contribution in [1.82, 2.24) is 20.1 Å². The predicted octanol–water partition coefficient (Wildman–Crippen LogP) is 4.24. The fraction of sp³-hybridized carbons (Fsp3) is 0.650. The molecule has 0 spiro atoms. The second-order valence-electron chi connectivity index (χ2n) is 8.32. The summed E-state index contributed by atoms with van der Waals surface area (Å²) in [6.07, 6.45) is 3.22. The van der Waals surface area contributed by atoms with Crippen molar-refractivity contribution in [3.05, 3.63) is 17.3 Å². The number of likely N-dealkylation sites (tertiary alicyclic amines) is 1. The summed E-state index contributed by atoms with van der Waals surface area (Å²) in [5.74, 6) is 0.180. The van der Waals surface area contributed by atoms with Gasteiger partial charge in [-0.25, -0.2) is 4.98 Å². The number of H-pyrrole nitrogens is 1. The molecule has 0 radical (unpaired) electrons. The van der Waals surface area contributed by atoms with Gasteiger partial charge in [-0.1, -0.05) is 19.3 Å². The fourth-order valence-corrected chi connectivity index (χ4v) is 4.71. The van der Waals surface area contributed by atoms with E-state index < -0.39 is 11.7 Å². The lowest BCUT2D eigenvalue weighted by molar-refractivity contribution is -0.136. The van der Waals surface area contributed by atoms with E-state index >= 15 is 0 Å². The molecule has 1 unspecified atom stereocenters. The van der Waals surface area contributed by atoms with E-state index in [2.05, 4.69) is 15.2 Å². The van der Waals surface area contributed by atoms with E-state index in [0.717, 1.165) is 25.3 Å². The first kappa shape index (κ1) is 20.0. The summed E-state index contributed by atoms with van der Waals surface area (Å²) in [7, 11) is 0. The first-order valence-corrected chi connectivity index (χ1v) is 10.3. The number of pyridine rings is 1. The number of nitrogens with two attached hydrogens (primary N) is 1. The molecule has 2 aliphatic rings. The van der Waals surface area contributed by atoms with Crippen LogP contribution >= 0.6 is 0 Å². The van der Waals surface area contributed by atoms with Gasteiger partial charge in [0.05, 0.1) is 10.9 Å². The quantitative estimate of drug-likeness (QED) is 0.794. The summed E-state index contributed by atoms with van der Waals surface area (Å²) >= 11 is 0. The Kier molecular flexibility index (Phi) is 5.40. The minimum absolute atomic E-state index is 0.0296. The smallest absolute Gasteiger partial charge is 0.383 e. The normalized spacial score (nSPS) is 21.6. The number of rotatable bonds is 3. The highest BCUT2D eigenvalue weighted by atomic mass is 19.4. The minimum Gasteiger partial charge on any atom is -0.383 e. The highest BCUT2D eigenvalue weighted by Gasteiger charge is 2.37. The number of aromatic nitrogens is 3. The molecule has 1 aliphatic carbocycles. The molecule has 6 nitrogen and oxygen atoms in total. The zero-order chi connectivity index (χ0) is 20.6. The first-order chi connectivity index (χ1) is 13.8. The van der Waals surface area contributed by atoms with Crippen molar-refractivity contribution in [2.75, 3.05) is 18.8 Å². The number of alkyl halides is 3. The Morgan fingerprint density at radius 2 is 1.97 bits per heavy atom. The maximum absolute atomic E-state index is 13.6. The fourth-order valence-electron chi connectivity index (χ4n) is 4.71. The SMILES string of the molecule is Nc1[nH]nc2nc(C3CCCN(C(=O)CC4CCCCC4)C3)cc(C(F)(F)F)c12. The number of piperidine rings is 1. The van der Waals surface area contributed by atoms with Crippen molar-refractivity contribution in [2.45, 2.75) is 63.5 Å². The van der Waals surface area contributed by atoms with Crippen LogP contribution in [0.25, 0.3) is 11.0 Å². The van der Waals surface area contributed by atoms with Crippen LogP contribution in [0.2, 0.25) is 0 Å². The molecule has 0 aromatic carbocycles. The molecule has 1 atom stereocenters. The molecule has 1 amide bonds. The molecule has 9 heteroatoms. The molecular formula is C20H26F3N5O. The molecule has 2 aromatic rings. The number of carbonyl (C=O) groups is 1. The summed E-state index contributed by atoms with van der Waals surface area (Å²) in [6, 6.07) is 1.08. The third kappa shape index (κ3) is 4.18. The van der Waals surface area contributed by atoms with Crippen molar-refractivity contribution in [3.63, 3.8) is 0 Å². The Morgan fingerprint density at radius 1 is 1.21 bits per heavy atom. The number of hydrogen-bond acceptors (Lipinski definition) is 4. The average Bonchev–Trinajstić information content (AvgIpc) is 3.08. The van der Waals surface area contributed by atoms with E-state index in [-0.39, 0.29) is 28.7 Å². The maximum atomic E-state index is 13.6. The number of fused-ring (bicyclic) bond motifs is 1. The van der Waals surface area contributed by atoms with Crippen LogP contribution in [0.15, 0.2) is 6.07 Å². The molecular weight excluding hydrogens is 383 g/mol. The molecule has 2 fully saturated rings. The van der Waals surface area contributed by atoms with E-state index in [1.807, 2.05) is 0 Å². The number of nitrogen functional groups attached to an aromatic ring is 1. The zero-order valence-corrected chi connectivity index (χ0v) is 16.3. The lowest BCUT2D eigenvalue weighted by Gasteiger charge is -2.34. The third-order valence-corrected chi connectivity index (χ3v) is 6.26. The number of aromatic amines is 1. The van der Waals surface area contributed by atoms with Crippen molar-refractivity contribution in [1.29, 1.82) is 0 Å². The number of nitrogens with zero attached hydrogens (tertiary/aromatic N) is 3. The molecule has 0 bridgehead atoms. The Balaban J connectivity index is 1.55. The van der Waals surface area contributed by atoms with E-state index in [4.69, 9.17) is 5.73 Å². The summed E-state index contributed by atoms with van der Waals surface area (Å²) in [4.78, 5) is 18.9. The van der Waals surface area contributed by atoms with Gasteiger partial charge in [0.1, 0.15) is 5.82 Å². The summed E-state index contributed by atoms with van der Waals surface area (Å²) in [6.45, 7) is 1.06. The Labute approximate surface area is 167 Å². The number of nitrogens with one attached hydrogen (secondary N) is 1. The topological polar surface area (TPSA) is 87.9 Å². The van der Waals surface area contributed by atoms with Crippen LogP contribution in [0.4, 0.5) is 19.0 Å². The average molecular weight is 409 g/mol. The van der Waals surface area contributed by atoms with E-state index in [1.54, 1.807) is 4.90 Å². The molecule has 4 rings (SSSR count). The lowest BCUT2D eigenvalue weighted by atomic mass is 9.86. The monoisotopic (exact) mass is 409 g/mol. The largest absolute Gasteiger partial charge is 0.417 e. The van der Waals surface area contributed by atoms with Gasteiger partial charge >= 0.3 is 6.18 Å². The molecule has 29 heavy (non-hydrogen) atoms. The molecule has 2 aromatic heterocycles.